The minimum absolute atomic E-state index is 0. The molecule has 4 aromatic rings. The molecule has 1 heterocycles. The highest BCUT2D eigenvalue weighted by atomic mass is 35.5. The van der Waals surface area contributed by atoms with Crippen molar-refractivity contribution < 1.29 is 9.53 Å². The predicted molar refractivity (Wildman–Crippen MR) is 144 cm³/mol. The van der Waals surface area contributed by atoms with Gasteiger partial charge in [-0.2, -0.15) is 0 Å². The van der Waals surface area contributed by atoms with Gasteiger partial charge in [0.05, 0.1) is 16.8 Å². The lowest BCUT2D eigenvalue weighted by atomic mass is 10.0. The summed E-state index contributed by atoms with van der Waals surface area (Å²) in [5, 5.41) is 0.707. The van der Waals surface area contributed by atoms with Crippen molar-refractivity contribution in [2.75, 3.05) is 38.7 Å². The number of carbonyl (C=O) groups excluding carboxylic acids is 1. The Balaban J connectivity index is 0.00000324. The summed E-state index contributed by atoms with van der Waals surface area (Å²) in [6, 6.07) is 24.1. The van der Waals surface area contributed by atoms with Gasteiger partial charge in [0.2, 0.25) is 0 Å². The van der Waals surface area contributed by atoms with Gasteiger partial charge in [0.15, 0.2) is 5.13 Å². The molecule has 0 spiro atoms. The first-order chi connectivity index (χ1) is 16.0. The number of thiazole rings is 1. The largest absolute Gasteiger partial charge is 0.494 e. The molecule has 0 saturated carbocycles. The summed E-state index contributed by atoms with van der Waals surface area (Å²) >= 11 is 1.52. The van der Waals surface area contributed by atoms with E-state index < -0.39 is 0 Å². The molecule has 0 N–H and O–H groups in total. The zero-order valence-electron chi connectivity index (χ0n) is 19.7. The number of nitrogens with zero attached hydrogens (tertiary/aromatic N) is 3. The van der Waals surface area contributed by atoms with Gasteiger partial charge in [-0.3, -0.25) is 9.69 Å². The van der Waals surface area contributed by atoms with Crippen LogP contribution in [-0.4, -0.2) is 49.6 Å². The fraction of sp³-hybridized carbons (Fsp3) is 0.259. The van der Waals surface area contributed by atoms with Gasteiger partial charge in [0, 0.05) is 18.7 Å². The van der Waals surface area contributed by atoms with Crippen LogP contribution in [0.2, 0.25) is 0 Å². The quantitative estimate of drug-likeness (QED) is 0.289. The van der Waals surface area contributed by atoms with E-state index in [0.29, 0.717) is 23.8 Å². The van der Waals surface area contributed by atoms with E-state index in [1.54, 1.807) is 4.90 Å². The molecular weight excluding hydrogens is 466 g/mol. The average molecular weight is 496 g/mol. The summed E-state index contributed by atoms with van der Waals surface area (Å²) in [5.74, 6) is 0.785. The SMILES string of the molecule is CCOc1ccc2nc(N(CCN(C)C)C(=O)c3ccc(Cc4ccccc4)cc3)sc2c1.Cl. The number of hydrogen-bond donors (Lipinski definition) is 0. The Labute approximate surface area is 211 Å². The van der Waals surface area contributed by atoms with Crippen LogP contribution in [0.5, 0.6) is 5.75 Å². The Morgan fingerprint density at radius 1 is 0.941 bits per heavy atom. The van der Waals surface area contributed by atoms with Crippen molar-refractivity contribution in [2.45, 2.75) is 13.3 Å². The van der Waals surface area contributed by atoms with Crippen molar-refractivity contribution in [1.82, 2.24) is 9.88 Å². The van der Waals surface area contributed by atoms with Crippen LogP contribution in [0.15, 0.2) is 72.8 Å². The first kappa shape index (κ1) is 25.7. The summed E-state index contributed by atoms with van der Waals surface area (Å²) in [7, 11) is 4.02. The van der Waals surface area contributed by atoms with Crippen molar-refractivity contribution in [2.24, 2.45) is 0 Å². The molecule has 3 aromatic carbocycles. The van der Waals surface area contributed by atoms with E-state index in [0.717, 1.165) is 28.9 Å². The number of ether oxygens (including phenoxy) is 1. The number of hydrogen-bond acceptors (Lipinski definition) is 5. The number of fused-ring (bicyclic) bond motifs is 1. The Hall–Kier alpha value is -2.93. The van der Waals surface area contributed by atoms with Gasteiger partial charge < -0.3 is 9.64 Å². The number of aromatic nitrogens is 1. The number of amides is 1. The minimum Gasteiger partial charge on any atom is -0.494 e. The van der Waals surface area contributed by atoms with E-state index in [4.69, 9.17) is 9.72 Å². The smallest absolute Gasteiger partial charge is 0.260 e. The van der Waals surface area contributed by atoms with Gasteiger partial charge in [0.25, 0.3) is 5.91 Å². The zero-order chi connectivity index (χ0) is 23.2. The van der Waals surface area contributed by atoms with Crippen molar-refractivity contribution >= 4 is 45.0 Å². The van der Waals surface area contributed by atoms with Crippen LogP contribution in [0.25, 0.3) is 10.2 Å². The number of rotatable bonds is 9. The number of anilines is 1. The van der Waals surface area contributed by atoms with Crippen molar-refractivity contribution in [3.63, 3.8) is 0 Å². The molecule has 178 valence electrons. The average Bonchev–Trinajstić information content (AvgIpc) is 3.23. The molecule has 0 saturated heterocycles. The van der Waals surface area contributed by atoms with Gasteiger partial charge in [-0.15, -0.1) is 12.4 Å². The minimum atomic E-state index is -0.0350. The first-order valence-electron chi connectivity index (χ1n) is 11.2. The van der Waals surface area contributed by atoms with Crippen molar-refractivity contribution in [1.29, 1.82) is 0 Å². The maximum absolute atomic E-state index is 13.5. The Morgan fingerprint density at radius 2 is 1.65 bits per heavy atom. The molecule has 0 atom stereocenters. The maximum atomic E-state index is 13.5. The van der Waals surface area contributed by atoms with Crippen molar-refractivity contribution in [3.8, 4) is 5.75 Å². The van der Waals surface area contributed by atoms with Crippen LogP contribution in [0.4, 0.5) is 5.13 Å². The van der Waals surface area contributed by atoms with E-state index in [9.17, 15) is 4.79 Å². The summed E-state index contributed by atoms with van der Waals surface area (Å²) in [4.78, 5) is 22.1. The molecular formula is C27H30ClN3O2S. The maximum Gasteiger partial charge on any atom is 0.260 e. The second kappa shape index (κ2) is 12.0. The Kier molecular flexibility index (Phi) is 9.05. The third kappa shape index (κ3) is 6.35. The molecule has 0 aliphatic heterocycles. The predicted octanol–water partition coefficient (Wildman–Crippen LogP) is 5.92. The van der Waals surface area contributed by atoms with E-state index >= 15 is 0 Å². The second-order valence-electron chi connectivity index (χ2n) is 8.18. The van der Waals surface area contributed by atoms with E-state index in [2.05, 4.69) is 17.0 Å². The molecule has 4 rings (SSSR count). The fourth-order valence-electron chi connectivity index (χ4n) is 3.60. The third-order valence-electron chi connectivity index (χ3n) is 5.36. The van der Waals surface area contributed by atoms with E-state index in [-0.39, 0.29) is 18.3 Å². The highest BCUT2D eigenvalue weighted by molar-refractivity contribution is 7.22. The summed E-state index contributed by atoms with van der Waals surface area (Å²) < 4.78 is 6.64. The molecule has 0 bridgehead atoms. The number of likely N-dealkylation sites (N-methyl/N-ethyl adjacent to an activating group) is 1. The van der Waals surface area contributed by atoms with E-state index in [1.165, 1.54) is 22.5 Å². The van der Waals surface area contributed by atoms with Gasteiger partial charge in [-0.05, 0) is 68.9 Å². The summed E-state index contributed by atoms with van der Waals surface area (Å²) in [6.45, 7) is 3.90. The van der Waals surface area contributed by atoms with Crippen LogP contribution in [0.3, 0.4) is 0 Å². The molecule has 0 fully saturated rings. The number of benzene rings is 3. The zero-order valence-corrected chi connectivity index (χ0v) is 21.4. The van der Waals surface area contributed by atoms with Gasteiger partial charge in [0.1, 0.15) is 5.75 Å². The number of carbonyl (C=O) groups is 1. The summed E-state index contributed by atoms with van der Waals surface area (Å²) in [5.41, 5.74) is 3.98. The Morgan fingerprint density at radius 3 is 2.32 bits per heavy atom. The van der Waals surface area contributed by atoms with Crippen LogP contribution >= 0.6 is 23.7 Å². The highest BCUT2D eigenvalue weighted by Gasteiger charge is 2.21. The fourth-order valence-corrected chi connectivity index (χ4v) is 4.62. The standard InChI is InChI=1S/C27H29N3O2S.ClH/c1-4-32-23-14-15-24-25(19-23)33-27(28-24)30(17-16-29(2)3)26(31)22-12-10-21(11-13-22)18-20-8-6-5-7-9-20;/h5-15,19H,4,16-18H2,1-3H3;1H. The van der Waals surface area contributed by atoms with Gasteiger partial charge in [-0.1, -0.05) is 53.8 Å². The molecule has 7 heteroatoms. The molecule has 0 aliphatic carbocycles. The number of halogens is 1. The molecule has 0 unspecified atom stereocenters. The van der Waals surface area contributed by atoms with Crippen LogP contribution < -0.4 is 9.64 Å². The second-order valence-corrected chi connectivity index (χ2v) is 9.19. The molecule has 5 nitrogen and oxygen atoms in total. The molecule has 0 radical (unpaired) electrons. The Bertz CT molecular complexity index is 1210. The molecule has 1 aromatic heterocycles. The summed E-state index contributed by atoms with van der Waals surface area (Å²) in [6.07, 6.45) is 0.847. The lowest BCUT2D eigenvalue weighted by molar-refractivity contribution is 0.0985. The monoisotopic (exact) mass is 495 g/mol. The first-order valence-corrected chi connectivity index (χ1v) is 12.0. The molecule has 0 aliphatic rings. The van der Waals surface area contributed by atoms with Crippen LogP contribution in [0.1, 0.15) is 28.4 Å². The lowest BCUT2D eigenvalue weighted by Crippen LogP contribution is -2.36. The molecule has 1 amide bonds. The van der Waals surface area contributed by atoms with Gasteiger partial charge in [-0.25, -0.2) is 4.98 Å². The highest BCUT2D eigenvalue weighted by Crippen LogP contribution is 2.32. The third-order valence-corrected chi connectivity index (χ3v) is 6.40. The normalized spacial score (nSPS) is 10.8. The molecule has 34 heavy (non-hydrogen) atoms. The van der Waals surface area contributed by atoms with Crippen molar-refractivity contribution in [3.05, 3.63) is 89.5 Å². The van der Waals surface area contributed by atoms with E-state index in [1.807, 2.05) is 81.7 Å². The van der Waals surface area contributed by atoms with Crippen LogP contribution in [0, 0.1) is 0 Å². The lowest BCUT2D eigenvalue weighted by Gasteiger charge is -2.22. The topological polar surface area (TPSA) is 45.7 Å². The van der Waals surface area contributed by atoms with Gasteiger partial charge >= 0.3 is 0 Å². The van der Waals surface area contributed by atoms with Crippen LogP contribution in [-0.2, 0) is 6.42 Å².